The van der Waals surface area contributed by atoms with Crippen LogP contribution in [0.4, 0.5) is 0 Å². The molecule has 0 spiro atoms. The molecule has 1 amide bonds. The lowest BCUT2D eigenvalue weighted by Gasteiger charge is -2.32. The van der Waals surface area contributed by atoms with E-state index in [9.17, 15) is 14.7 Å². The first-order valence-electron chi connectivity index (χ1n) is 12.9. The second-order valence-electron chi connectivity index (χ2n) is 10.6. The van der Waals surface area contributed by atoms with Crippen molar-refractivity contribution in [3.05, 3.63) is 63.6 Å². The monoisotopic (exact) mass is 491 g/mol. The minimum absolute atomic E-state index is 0.0259. The average Bonchev–Trinajstić information content (AvgIpc) is 3.58. The zero-order valence-electron chi connectivity index (χ0n) is 20.9. The Morgan fingerprint density at radius 2 is 1.97 bits per heavy atom. The number of amides is 1. The van der Waals surface area contributed by atoms with Crippen molar-refractivity contribution in [1.82, 2.24) is 14.4 Å². The van der Waals surface area contributed by atoms with E-state index >= 15 is 0 Å². The van der Waals surface area contributed by atoms with E-state index in [2.05, 4.69) is 17.0 Å². The Kier molecular flexibility index (Phi) is 5.88. The molecule has 1 aromatic heterocycles. The number of carbonyl (C=O) groups excluding carboxylic acids is 1. The van der Waals surface area contributed by atoms with Gasteiger partial charge in [-0.2, -0.15) is 0 Å². The molecule has 3 aliphatic heterocycles. The van der Waals surface area contributed by atoms with Crippen LogP contribution < -0.4 is 15.0 Å². The number of ether oxygens (including phenoxy) is 2. The summed E-state index contributed by atoms with van der Waals surface area (Å²) in [5.41, 5.74) is 3.92. The first-order chi connectivity index (χ1) is 17.5. The molecule has 1 fully saturated rings. The van der Waals surface area contributed by atoms with Gasteiger partial charge in [0, 0.05) is 56.9 Å². The SMILES string of the molecule is CN(C)C(=O)[C@H]1[C@H](CO)[C@H]2Cn3c(ccc(C4=CCCCC4)c3=O)[C@H]2N1Cc1ccc2c(c1)OCO2. The molecule has 4 atom stereocenters. The fourth-order valence-electron chi connectivity index (χ4n) is 6.61. The summed E-state index contributed by atoms with van der Waals surface area (Å²) in [5, 5.41) is 10.5. The molecule has 0 unspecified atom stereocenters. The lowest BCUT2D eigenvalue weighted by Crippen LogP contribution is -2.47. The van der Waals surface area contributed by atoms with Crippen molar-refractivity contribution in [2.45, 2.75) is 50.9 Å². The number of allylic oxidation sites excluding steroid dienone is 2. The number of hydrogen-bond donors (Lipinski definition) is 1. The number of benzene rings is 1. The highest BCUT2D eigenvalue weighted by Crippen LogP contribution is 2.50. The molecular formula is C28H33N3O5. The number of likely N-dealkylation sites (tertiary alicyclic amines) is 1. The number of rotatable bonds is 5. The standard InChI is InChI=1S/C28H33N3O5/c1-29(2)28(34)26-21(15-32)20-14-30-22(10-9-19(27(30)33)18-6-4-3-5-7-18)25(20)31(26)13-17-8-11-23-24(12-17)36-16-35-23/h6,8-12,20-21,25-26,32H,3-5,7,13-16H2,1-2H3/t20-,21-,25+,26-/m1/s1. The number of aliphatic hydroxyl groups excluding tert-OH is 1. The number of pyridine rings is 1. The Labute approximate surface area is 210 Å². The van der Waals surface area contributed by atoms with Gasteiger partial charge in [0.15, 0.2) is 11.5 Å². The quantitative estimate of drug-likeness (QED) is 0.693. The number of likely N-dealkylation sites (N-methyl/N-ethyl adjacent to an activating group) is 1. The third-order valence-electron chi connectivity index (χ3n) is 8.32. The summed E-state index contributed by atoms with van der Waals surface area (Å²) in [6.07, 6.45) is 6.45. The third-order valence-corrected chi connectivity index (χ3v) is 8.32. The summed E-state index contributed by atoms with van der Waals surface area (Å²) in [7, 11) is 3.51. The molecule has 190 valence electrons. The predicted molar refractivity (Wildman–Crippen MR) is 135 cm³/mol. The highest BCUT2D eigenvalue weighted by Gasteiger charge is 2.55. The third kappa shape index (κ3) is 3.66. The number of aromatic nitrogens is 1. The van der Waals surface area contributed by atoms with Crippen LogP contribution in [0.5, 0.6) is 11.5 Å². The van der Waals surface area contributed by atoms with Crippen molar-refractivity contribution in [2.24, 2.45) is 11.8 Å². The van der Waals surface area contributed by atoms with Crippen molar-refractivity contribution in [1.29, 1.82) is 0 Å². The summed E-state index contributed by atoms with van der Waals surface area (Å²) in [5.74, 6) is 1.10. The van der Waals surface area contributed by atoms with E-state index < -0.39 is 6.04 Å². The summed E-state index contributed by atoms with van der Waals surface area (Å²) < 4.78 is 12.9. The van der Waals surface area contributed by atoms with Crippen molar-refractivity contribution in [3.63, 3.8) is 0 Å². The second kappa shape index (κ2) is 9.09. The van der Waals surface area contributed by atoms with Gasteiger partial charge in [0.2, 0.25) is 12.7 Å². The fraction of sp³-hybridized carbons (Fsp3) is 0.500. The van der Waals surface area contributed by atoms with Gasteiger partial charge in [-0.1, -0.05) is 12.1 Å². The van der Waals surface area contributed by atoms with Crippen molar-refractivity contribution in [2.75, 3.05) is 27.5 Å². The number of fused-ring (bicyclic) bond motifs is 4. The molecule has 2 aromatic rings. The predicted octanol–water partition coefficient (Wildman–Crippen LogP) is 2.79. The lowest BCUT2D eigenvalue weighted by molar-refractivity contribution is -0.136. The van der Waals surface area contributed by atoms with E-state index in [1.165, 1.54) is 6.42 Å². The van der Waals surface area contributed by atoms with Gasteiger partial charge >= 0.3 is 0 Å². The Hall–Kier alpha value is -3.10. The maximum Gasteiger partial charge on any atom is 0.258 e. The summed E-state index contributed by atoms with van der Waals surface area (Å²) in [4.78, 5) is 30.9. The Morgan fingerprint density at radius 3 is 2.72 bits per heavy atom. The molecule has 1 saturated heterocycles. The Bertz CT molecular complexity index is 1280. The maximum atomic E-state index is 13.6. The van der Waals surface area contributed by atoms with Crippen LogP contribution in [0.1, 0.15) is 48.5 Å². The van der Waals surface area contributed by atoms with E-state index in [0.717, 1.165) is 47.4 Å². The molecule has 0 saturated carbocycles. The Balaban J connectivity index is 1.41. The van der Waals surface area contributed by atoms with Gasteiger partial charge in [-0.25, -0.2) is 0 Å². The normalized spacial score (nSPS) is 26.5. The van der Waals surface area contributed by atoms with Gasteiger partial charge in [-0.3, -0.25) is 14.5 Å². The van der Waals surface area contributed by atoms with Crippen molar-refractivity contribution in [3.8, 4) is 11.5 Å². The van der Waals surface area contributed by atoms with E-state index in [1.807, 2.05) is 28.8 Å². The van der Waals surface area contributed by atoms with Gasteiger partial charge in [0.05, 0.1) is 12.1 Å². The van der Waals surface area contributed by atoms with Gasteiger partial charge < -0.3 is 24.0 Å². The van der Waals surface area contributed by atoms with Gasteiger partial charge in [-0.15, -0.1) is 0 Å². The summed E-state index contributed by atoms with van der Waals surface area (Å²) in [6.45, 7) is 1.11. The zero-order chi connectivity index (χ0) is 25.0. The molecule has 8 nitrogen and oxygen atoms in total. The highest BCUT2D eigenvalue weighted by molar-refractivity contribution is 5.82. The number of nitrogens with zero attached hydrogens (tertiary/aromatic N) is 3. The molecule has 1 aliphatic carbocycles. The van der Waals surface area contributed by atoms with Gasteiger partial charge in [-0.05, 0) is 61.1 Å². The topological polar surface area (TPSA) is 84.2 Å². The Morgan fingerprint density at radius 1 is 1.14 bits per heavy atom. The van der Waals surface area contributed by atoms with Crippen LogP contribution in [-0.2, 0) is 17.9 Å². The molecule has 36 heavy (non-hydrogen) atoms. The van der Waals surface area contributed by atoms with E-state index in [-0.39, 0.29) is 42.7 Å². The first-order valence-corrected chi connectivity index (χ1v) is 12.9. The smallest absolute Gasteiger partial charge is 0.258 e. The molecule has 1 aromatic carbocycles. The molecule has 1 N–H and O–H groups in total. The zero-order valence-corrected chi connectivity index (χ0v) is 20.9. The van der Waals surface area contributed by atoms with Crippen LogP contribution in [0.15, 0.2) is 41.2 Å². The second-order valence-corrected chi connectivity index (χ2v) is 10.6. The largest absolute Gasteiger partial charge is 0.454 e. The van der Waals surface area contributed by atoms with Crippen LogP contribution in [0.2, 0.25) is 0 Å². The van der Waals surface area contributed by atoms with Crippen LogP contribution in [0.3, 0.4) is 0 Å². The van der Waals surface area contributed by atoms with E-state index in [1.54, 1.807) is 19.0 Å². The average molecular weight is 492 g/mol. The van der Waals surface area contributed by atoms with E-state index in [4.69, 9.17) is 9.47 Å². The molecule has 8 heteroatoms. The first kappa shape index (κ1) is 23.3. The lowest BCUT2D eigenvalue weighted by atomic mass is 9.88. The summed E-state index contributed by atoms with van der Waals surface area (Å²) in [6, 6.07) is 9.28. The van der Waals surface area contributed by atoms with Crippen molar-refractivity contribution < 1.29 is 19.4 Å². The molecule has 0 radical (unpaired) electrons. The minimum atomic E-state index is -0.477. The minimum Gasteiger partial charge on any atom is -0.454 e. The number of hydrogen-bond acceptors (Lipinski definition) is 6. The number of aliphatic hydroxyl groups is 1. The van der Waals surface area contributed by atoms with Gasteiger partial charge in [0.1, 0.15) is 0 Å². The van der Waals surface area contributed by atoms with Gasteiger partial charge in [0.25, 0.3) is 5.56 Å². The maximum absolute atomic E-state index is 13.6. The van der Waals surface area contributed by atoms with Crippen LogP contribution in [0, 0.1) is 11.8 Å². The molecular weight excluding hydrogens is 458 g/mol. The summed E-state index contributed by atoms with van der Waals surface area (Å²) >= 11 is 0. The van der Waals surface area contributed by atoms with E-state index in [0.29, 0.717) is 18.8 Å². The molecule has 6 rings (SSSR count). The number of carbonyl (C=O) groups is 1. The molecule has 4 aliphatic rings. The highest BCUT2D eigenvalue weighted by atomic mass is 16.7. The fourth-order valence-corrected chi connectivity index (χ4v) is 6.61. The van der Waals surface area contributed by atoms with Crippen LogP contribution >= 0.6 is 0 Å². The van der Waals surface area contributed by atoms with Crippen LogP contribution in [-0.4, -0.2) is 58.9 Å². The van der Waals surface area contributed by atoms with Crippen LogP contribution in [0.25, 0.3) is 5.57 Å². The van der Waals surface area contributed by atoms with Crippen molar-refractivity contribution >= 4 is 11.5 Å². The molecule has 0 bridgehead atoms. The molecule has 4 heterocycles.